The molecule has 3 rings (SSSR count). The summed E-state index contributed by atoms with van der Waals surface area (Å²) in [4.78, 5) is 17.0. The minimum absolute atomic E-state index is 0.118. The molecule has 1 aliphatic heterocycles. The monoisotopic (exact) mass is 371 g/mol. The molecule has 2 aromatic carbocycles. The number of methoxy groups -OCH3 is 1. The van der Waals surface area contributed by atoms with Crippen LogP contribution >= 0.6 is 0 Å². The lowest BCUT2D eigenvalue weighted by molar-refractivity contribution is -0.120. The van der Waals surface area contributed by atoms with E-state index in [1.807, 2.05) is 25.1 Å². The van der Waals surface area contributed by atoms with Gasteiger partial charge in [-0.15, -0.1) is 0 Å². The summed E-state index contributed by atoms with van der Waals surface area (Å²) in [6, 6.07) is 12.5. The molecule has 1 atom stereocenters. The second-order valence-electron chi connectivity index (χ2n) is 6.85. The highest BCUT2D eigenvalue weighted by Gasteiger charge is 2.26. The number of hydrogen-bond donors (Lipinski definition) is 1. The number of aryl methyl sites for hydroxylation is 1. The van der Waals surface area contributed by atoms with Crippen LogP contribution in [0, 0.1) is 12.7 Å². The van der Waals surface area contributed by atoms with Crippen molar-refractivity contribution in [3.8, 4) is 5.75 Å². The van der Waals surface area contributed by atoms with Crippen molar-refractivity contribution < 1.29 is 13.9 Å². The first-order valence-electron chi connectivity index (χ1n) is 9.18. The van der Waals surface area contributed by atoms with Gasteiger partial charge in [0, 0.05) is 43.6 Å². The number of hydrogen-bond acceptors (Lipinski definition) is 4. The molecule has 2 aromatic rings. The molecule has 144 valence electrons. The summed E-state index contributed by atoms with van der Waals surface area (Å²) in [6.07, 6.45) is 0. The summed E-state index contributed by atoms with van der Waals surface area (Å²) in [5, 5.41) is 2.81. The first kappa shape index (κ1) is 19.2. The zero-order valence-corrected chi connectivity index (χ0v) is 16.0. The molecule has 0 aliphatic carbocycles. The number of rotatable bonds is 5. The van der Waals surface area contributed by atoms with Crippen molar-refractivity contribution in [1.82, 2.24) is 4.90 Å². The molecule has 5 nitrogen and oxygen atoms in total. The van der Waals surface area contributed by atoms with Crippen LogP contribution in [0.1, 0.15) is 12.5 Å². The number of benzene rings is 2. The summed E-state index contributed by atoms with van der Waals surface area (Å²) in [7, 11) is 1.66. The Bertz CT molecular complexity index is 804. The number of carbonyl (C=O) groups excluding carboxylic acids is 1. The lowest BCUT2D eigenvalue weighted by Gasteiger charge is -2.38. The largest absolute Gasteiger partial charge is 0.497 e. The number of anilines is 2. The number of nitrogens with zero attached hydrogens (tertiary/aromatic N) is 2. The van der Waals surface area contributed by atoms with Gasteiger partial charge >= 0.3 is 0 Å². The molecular formula is C21H26FN3O2. The van der Waals surface area contributed by atoms with Crippen LogP contribution in [0.5, 0.6) is 5.75 Å². The molecule has 1 N–H and O–H groups in total. The van der Waals surface area contributed by atoms with E-state index < -0.39 is 0 Å². The number of carbonyl (C=O) groups is 1. The maximum absolute atomic E-state index is 13.7. The fourth-order valence-electron chi connectivity index (χ4n) is 3.26. The van der Waals surface area contributed by atoms with Gasteiger partial charge in [-0.1, -0.05) is 12.1 Å². The Hall–Kier alpha value is -2.60. The van der Waals surface area contributed by atoms with Crippen LogP contribution < -0.4 is 15.0 Å². The molecule has 27 heavy (non-hydrogen) atoms. The highest BCUT2D eigenvalue weighted by Crippen LogP contribution is 2.23. The van der Waals surface area contributed by atoms with Gasteiger partial charge < -0.3 is 15.0 Å². The molecule has 0 radical (unpaired) electrons. The van der Waals surface area contributed by atoms with Crippen molar-refractivity contribution in [3.05, 3.63) is 53.8 Å². The topological polar surface area (TPSA) is 44.8 Å². The average Bonchev–Trinajstić information content (AvgIpc) is 2.70. The van der Waals surface area contributed by atoms with Crippen LogP contribution in [0.4, 0.5) is 15.8 Å². The van der Waals surface area contributed by atoms with E-state index in [1.54, 1.807) is 26.2 Å². The van der Waals surface area contributed by atoms with Crippen LogP contribution in [0.3, 0.4) is 0 Å². The second-order valence-corrected chi connectivity index (χ2v) is 6.85. The molecule has 0 bridgehead atoms. The first-order valence-corrected chi connectivity index (χ1v) is 9.18. The molecule has 1 fully saturated rings. The van der Waals surface area contributed by atoms with Gasteiger partial charge in [-0.05, 0) is 43.7 Å². The van der Waals surface area contributed by atoms with Gasteiger partial charge in [0.2, 0.25) is 5.91 Å². The van der Waals surface area contributed by atoms with Gasteiger partial charge in [0.15, 0.2) is 0 Å². The average molecular weight is 371 g/mol. The molecule has 1 saturated heterocycles. The van der Waals surface area contributed by atoms with Crippen LogP contribution in [0.25, 0.3) is 0 Å². The maximum Gasteiger partial charge on any atom is 0.241 e. The molecular weight excluding hydrogens is 345 g/mol. The zero-order valence-electron chi connectivity index (χ0n) is 16.0. The van der Waals surface area contributed by atoms with E-state index in [4.69, 9.17) is 4.74 Å². The Morgan fingerprint density at radius 1 is 1.15 bits per heavy atom. The number of ether oxygens (including phenoxy) is 1. The number of amides is 1. The van der Waals surface area contributed by atoms with Gasteiger partial charge in [-0.25, -0.2) is 4.39 Å². The van der Waals surface area contributed by atoms with Crippen LogP contribution in [-0.4, -0.2) is 50.1 Å². The number of piperazine rings is 1. The lowest BCUT2D eigenvalue weighted by Crippen LogP contribution is -2.52. The van der Waals surface area contributed by atoms with Crippen molar-refractivity contribution >= 4 is 17.3 Å². The van der Waals surface area contributed by atoms with E-state index in [9.17, 15) is 9.18 Å². The predicted octanol–water partition coefficient (Wildman–Crippen LogP) is 3.29. The molecule has 1 amide bonds. The Balaban J connectivity index is 1.56. The van der Waals surface area contributed by atoms with Gasteiger partial charge in [-0.3, -0.25) is 9.69 Å². The summed E-state index contributed by atoms with van der Waals surface area (Å²) < 4.78 is 19.0. The molecule has 0 spiro atoms. The van der Waals surface area contributed by atoms with Crippen LogP contribution in [-0.2, 0) is 4.79 Å². The molecule has 0 saturated carbocycles. The lowest BCUT2D eigenvalue weighted by atomic mass is 10.1. The van der Waals surface area contributed by atoms with Gasteiger partial charge in [-0.2, -0.15) is 0 Å². The van der Waals surface area contributed by atoms with Crippen LogP contribution in [0.15, 0.2) is 42.5 Å². The molecule has 1 heterocycles. The number of nitrogens with one attached hydrogen (secondary N) is 1. The molecule has 0 aromatic heterocycles. The van der Waals surface area contributed by atoms with Gasteiger partial charge in [0.1, 0.15) is 11.6 Å². The van der Waals surface area contributed by atoms with Crippen molar-refractivity contribution in [2.75, 3.05) is 43.5 Å². The minimum Gasteiger partial charge on any atom is -0.497 e. The van der Waals surface area contributed by atoms with Gasteiger partial charge in [0.05, 0.1) is 13.2 Å². The van der Waals surface area contributed by atoms with E-state index >= 15 is 0 Å². The third-order valence-corrected chi connectivity index (χ3v) is 5.10. The molecule has 1 unspecified atom stereocenters. The van der Waals surface area contributed by atoms with E-state index in [1.165, 1.54) is 6.07 Å². The standard InChI is InChI=1S/C21H26FN3O2/c1-15-7-8-17(13-20(15)22)23-21(26)16(2)24-9-11-25(12-10-24)18-5-4-6-19(14-18)27-3/h4-8,13-14,16H,9-12H2,1-3H3,(H,23,26). The van der Waals surface area contributed by atoms with E-state index in [-0.39, 0.29) is 17.8 Å². The van der Waals surface area contributed by atoms with Crippen molar-refractivity contribution in [2.24, 2.45) is 0 Å². The van der Waals surface area contributed by atoms with Gasteiger partial charge in [0.25, 0.3) is 0 Å². The SMILES string of the molecule is COc1cccc(N2CCN(C(C)C(=O)Nc3ccc(C)c(F)c3)CC2)c1. The summed E-state index contributed by atoms with van der Waals surface area (Å²) in [5.41, 5.74) is 2.18. The third kappa shape index (κ3) is 4.57. The Morgan fingerprint density at radius 2 is 1.89 bits per heavy atom. The Labute approximate surface area is 159 Å². The minimum atomic E-state index is -0.313. The van der Waals surface area contributed by atoms with Crippen molar-refractivity contribution in [2.45, 2.75) is 19.9 Å². The fraction of sp³-hybridized carbons (Fsp3) is 0.381. The summed E-state index contributed by atoms with van der Waals surface area (Å²) >= 11 is 0. The molecule has 1 aliphatic rings. The highest BCUT2D eigenvalue weighted by atomic mass is 19.1. The first-order chi connectivity index (χ1) is 13.0. The smallest absolute Gasteiger partial charge is 0.241 e. The third-order valence-electron chi connectivity index (χ3n) is 5.10. The van der Waals surface area contributed by atoms with E-state index in [2.05, 4.69) is 21.2 Å². The van der Waals surface area contributed by atoms with E-state index in [0.717, 1.165) is 37.6 Å². The normalized spacial score (nSPS) is 16.1. The summed E-state index contributed by atoms with van der Waals surface area (Å²) in [6.45, 7) is 6.84. The van der Waals surface area contributed by atoms with Crippen LogP contribution in [0.2, 0.25) is 0 Å². The van der Waals surface area contributed by atoms with Crippen molar-refractivity contribution in [3.63, 3.8) is 0 Å². The quantitative estimate of drug-likeness (QED) is 0.876. The number of halogens is 1. The van der Waals surface area contributed by atoms with E-state index in [0.29, 0.717) is 11.3 Å². The Kier molecular flexibility index (Phi) is 5.96. The highest BCUT2D eigenvalue weighted by molar-refractivity contribution is 5.94. The zero-order chi connectivity index (χ0) is 19.4. The second kappa shape index (κ2) is 8.39. The molecule has 6 heteroatoms. The Morgan fingerprint density at radius 3 is 2.56 bits per heavy atom. The predicted molar refractivity (Wildman–Crippen MR) is 106 cm³/mol. The summed E-state index contributed by atoms with van der Waals surface area (Å²) in [5.74, 6) is 0.411. The fourth-order valence-corrected chi connectivity index (χ4v) is 3.26. The maximum atomic E-state index is 13.7. The van der Waals surface area contributed by atoms with Crippen molar-refractivity contribution in [1.29, 1.82) is 0 Å².